The highest BCUT2D eigenvalue weighted by Crippen LogP contribution is 2.33. The molecule has 1 heterocycles. The van der Waals surface area contributed by atoms with E-state index in [0.29, 0.717) is 15.8 Å². The molecule has 2 rings (SSSR count). The normalized spacial score (nSPS) is 10.8. The summed E-state index contributed by atoms with van der Waals surface area (Å²) < 4.78 is 5.84. The van der Waals surface area contributed by atoms with Gasteiger partial charge in [-0.25, -0.2) is 0 Å². The Morgan fingerprint density at radius 3 is 2.93 bits per heavy atom. The molecule has 0 saturated heterocycles. The average molecular weight is 269 g/mol. The summed E-state index contributed by atoms with van der Waals surface area (Å²) in [6.45, 7) is 1.49. The number of ketones is 1. The summed E-state index contributed by atoms with van der Waals surface area (Å²) in [5.74, 6) is 0.0590. The molecule has 1 aromatic heterocycles. The first kappa shape index (κ1) is 10.2. The highest BCUT2D eigenvalue weighted by atomic mass is 79.9. The van der Waals surface area contributed by atoms with Crippen LogP contribution in [0.5, 0.6) is 5.75 Å². The summed E-state index contributed by atoms with van der Waals surface area (Å²) in [6, 6.07) is 5.33. The fourth-order valence-corrected chi connectivity index (χ4v) is 1.92. The van der Waals surface area contributed by atoms with E-state index < -0.39 is 0 Å². The van der Waals surface area contributed by atoms with Gasteiger partial charge in [0.15, 0.2) is 16.0 Å². The van der Waals surface area contributed by atoms with Crippen molar-refractivity contribution in [2.45, 2.75) is 13.3 Å². The number of fused-ring (bicyclic) bond motifs is 1. The van der Waals surface area contributed by atoms with E-state index >= 15 is 0 Å². The van der Waals surface area contributed by atoms with Crippen molar-refractivity contribution in [2.75, 3.05) is 0 Å². The number of hydrogen-bond acceptors (Lipinski definition) is 3. The van der Waals surface area contributed by atoms with Gasteiger partial charge in [0.25, 0.3) is 0 Å². The van der Waals surface area contributed by atoms with E-state index in [2.05, 4.69) is 15.9 Å². The van der Waals surface area contributed by atoms with Crippen molar-refractivity contribution in [3.63, 3.8) is 0 Å². The molecule has 0 fully saturated rings. The molecule has 15 heavy (non-hydrogen) atoms. The number of hydrogen-bond donors (Lipinski definition) is 1. The SMILES string of the molecule is CC(=O)Cc1ccc2cc(Br)oc2c1O. The minimum atomic E-state index is 0.00951. The second-order valence-corrected chi connectivity index (χ2v) is 4.20. The third-order valence-corrected chi connectivity index (χ3v) is 2.54. The topological polar surface area (TPSA) is 50.4 Å². The highest BCUT2D eigenvalue weighted by molar-refractivity contribution is 9.10. The van der Waals surface area contributed by atoms with Gasteiger partial charge in [-0.15, -0.1) is 0 Å². The molecule has 3 nitrogen and oxygen atoms in total. The van der Waals surface area contributed by atoms with Crippen molar-refractivity contribution in [3.05, 3.63) is 28.4 Å². The number of rotatable bonds is 2. The number of furan rings is 1. The minimum Gasteiger partial charge on any atom is -0.504 e. The lowest BCUT2D eigenvalue weighted by atomic mass is 10.1. The fourth-order valence-electron chi connectivity index (χ4n) is 1.51. The van der Waals surface area contributed by atoms with Gasteiger partial charge >= 0.3 is 0 Å². The zero-order chi connectivity index (χ0) is 11.0. The van der Waals surface area contributed by atoms with Gasteiger partial charge in [0, 0.05) is 17.4 Å². The second-order valence-electron chi connectivity index (χ2n) is 3.42. The summed E-state index contributed by atoms with van der Waals surface area (Å²) in [5.41, 5.74) is 1.01. The maximum atomic E-state index is 11.0. The van der Waals surface area contributed by atoms with Crippen LogP contribution in [0.2, 0.25) is 0 Å². The molecule has 0 spiro atoms. The molecule has 2 aromatic rings. The summed E-state index contributed by atoms with van der Waals surface area (Å²) in [4.78, 5) is 11.0. The molecule has 0 saturated carbocycles. The Balaban J connectivity index is 2.58. The predicted octanol–water partition coefficient (Wildman–Crippen LogP) is 3.03. The van der Waals surface area contributed by atoms with Gasteiger partial charge in [0.05, 0.1) is 0 Å². The number of halogens is 1. The molecular weight excluding hydrogens is 260 g/mol. The van der Waals surface area contributed by atoms with Gasteiger partial charge in [-0.1, -0.05) is 12.1 Å². The monoisotopic (exact) mass is 268 g/mol. The van der Waals surface area contributed by atoms with Crippen LogP contribution in [-0.4, -0.2) is 10.9 Å². The van der Waals surface area contributed by atoms with E-state index in [9.17, 15) is 9.90 Å². The van der Waals surface area contributed by atoms with Gasteiger partial charge < -0.3 is 9.52 Å². The summed E-state index contributed by atoms with van der Waals surface area (Å²) in [6.07, 6.45) is 0.222. The molecule has 0 unspecified atom stereocenters. The van der Waals surface area contributed by atoms with Crippen molar-refractivity contribution in [2.24, 2.45) is 0 Å². The van der Waals surface area contributed by atoms with Crippen LogP contribution in [-0.2, 0) is 11.2 Å². The van der Waals surface area contributed by atoms with Gasteiger partial charge in [0.1, 0.15) is 5.78 Å². The first-order chi connectivity index (χ1) is 7.08. The van der Waals surface area contributed by atoms with Crippen LogP contribution in [0.1, 0.15) is 12.5 Å². The van der Waals surface area contributed by atoms with Crippen molar-refractivity contribution in [1.82, 2.24) is 0 Å². The predicted molar refractivity (Wildman–Crippen MR) is 60.0 cm³/mol. The number of benzene rings is 1. The second kappa shape index (κ2) is 3.70. The summed E-state index contributed by atoms with van der Waals surface area (Å²) in [7, 11) is 0. The molecule has 78 valence electrons. The van der Waals surface area contributed by atoms with Crippen LogP contribution in [0.15, 0.2) is 27.3 Å². The Bertz CT molecular complexity index is 528. The maximum absolute atomic E-state index is 11.0. The van der Waals surface area contributed by atoms with Crippen molar-refractivity contribution in [3.8, 4) is 5.75 Å². The van der Waals surface area contributed by atoms with E-state index in [1.807, 2.05) is 6.07 Å². The van der Waals surface area contributed by atoms with E-state index in [0.717, 1.165) is 5.39 Å². The van der Waals surface area contributed by atoms with Crippen LogP contribution in [0.25, 0.3) is 11.0 Å². The molecule has 0 aliphatic carbocycles. The minimum absolute atomic E-state index is 0.00951. The zero-order valence-corrected chi connectivity index (χ0v) is 9.67. The number of carbonyl (C=O) groups is 1. The fraction of sp³-hybridized carbons (Fsp3) is 0.182. The molecule has 0 radical (unpaired) electrons. The number of Topliss-reactive ketones (excluding diaryl/α,β-unsaturated/α-hetero) is 1. The lowest BCUT2D eigenvalue weighted by Gasteiger charge is -2.01. The van der Waals surface area contributed by atoms with Gasteiger partial charge in [-0.05, 0) is 28.9 Å². The van der Waals surface area contributed by atoms with E-state index in [1.54, 1.807) is 12.1 Å². The molecule has 0 aliphatic heterocycles. The first-order valence-corrected chi connectivity index (χ1v) is 5.26. The van der Waals surface area contributed by atoms with Gasteiger partial charge in [0.2, 0.25) is 0 Å². The number of phenols is 1. The van der Waals surface area contributed by atoms with Crippen molar-refractivity contribution in [1.29, 1.82) is 0 Å². The van der Waals surface area contributed by atoms with Crippen LogP contribution < -0.4 is 0 Å². The Hall–Kier alpha value is -1.29. The average Bonchev–Trinajstić information content (AvgIpc) is 2.51. The van der Waals surface area contributed by atoms with Gasteiger partial charge in [-0.2, -0.15) is 0 Å². The van der Waals surface area contributed by atoms with Gasteiger partial charge in [-0.3, -0.25) is 4.79 Å². The van der Waals surface area contributed by atoms with E-state index in [-0.39, 0.29) is 18.0 Å². The van der Waals surface area contributed by atoms with Crippen molar-refractivity contribution >= 4 is 32.7 Å². The third-order valence-electron chi connectivity index (χ3n) is 2.15. The number of aromatic hydroxyl groups is 1. The molecule has 0 amide bonds. The van der Waals surface area contributed by atoms with Crippen LogP contribution in [0.4, 0.5) is 0 Å². The molecule has 0 aliphatic rings. The molecule has 1 N–H and O–H groups in total. The van der Waals surface area contributed by atoms with Crippen molar-refractivity contribution < 1.29 is 14.3 Å². The smallest absolute Gasteiger partial charge is 0.177 e. The Labute approximate surface area is 94.8 Å². The van der Waals surface area contributed by atoms with E-state index in [1.165, 1.54) is 6.92 Å². The Kier molecular flexibility index (Phi) is 2.52. The standard InChI is InChI=1S/C11H9BrO3/c1-6(13)4-7-2-3-8-5-9(12)15-11(8)10(7)14/h2-3,5,14H,4H2,1H3. The van der Waals surface area contributed by atoms with Crippen LogP contribution >= 0.6 is 15.9 Å². The lowest BCUT2D eigenvalue weighted by Crippen LogP contribution is -1.96. The number of carbonyl (C=O) groups excluding carboxylic acids is 1. The lowest BCUT2D eigenvalue weighted by molar-refractivity contribution is -0.116. The largest absolute Gasteiger partial charge is 0.504 e. The molecule has 4 heteroatoms. The molecular formula is C11H9BrO3. The molecule has 0 bridgehead atoms. The first-order valence-electron chi connectivity index (χ1n) is 4.47. The highest BCUT2D eigenvalue weighted by Gasteiger charge is 2.11. The third kappa shape index (κ3) is 1.90. The summed E-state index contributed by atoms with van der Waals surface area (Å²) >= 11 is 3.19. The Morgan fingerprint density at radius 2 is 2.27 bits per heavy atom. The summed E-state index contributed by atoms with van der Waals surface area (Å²) in [5, 5.41) is 10.7. The maximum Gasteiger partial charge on any atom is 0.177 e. The van der Waals surface area contributed by atoms with Crippen LogP contribution in [0, 0.1) is 0 Å². The number of phenolic OH excluding ortho intramolecular Hbond substituents is 1. The quantitative estimate of drug-likeness (QED) is 0.911. The van der Waals surface area contributed by atoms with Crippen LogP contribution in [0.3, 0.4) is 0 Å². The Morgan fingerprint density at radius 1 is 1.53 bits per heavy atom. The molecule has 0 atom stereocenters. The molecule has 1 aromatic carbocycles. The zero-order valence-electron chi connectivity index (χ0n) is 8.08. The van der Waals surface area contributed by atoms with E-state index in [4.69, 9.17) is 4.42 Å².